The van der Waals surface area contributed by atoms with Crippen LogP contribution in [-0.4, -0.2) is 18.6 Å². The predicted molar refractivity (Wildman–Crippen MR) is 84.1 cm³/mol. The van der Waals surface area contributed by atoms with Crippen LogP contribution in [0.3, 0.4) is 0 Å². The lowest BCUT2D eigenvalue weighted by Gasteiger charge is -2.01. The van der Waals surface area contributed by atoms with E-state index in [4.69, 9.17) is 11.6 Å². The first-order valence-electron chi connectivity index (χ1n) is 6.13. The Balaban J connectivity index is 1.87. The van der Waals surface area contributed by atoms with Gasteiger partial charge in [-0.3, -0.25) is 9.82 Å². The number of benzene rings is 1. The van der Waals surface area contributed by atoms with Crippen molar-refractivity contribution in [1.82, 2.24) is 10.2 Å². The highest BCUT2D eigenvalue weighted by atomic mass is 35.5. The molecule has 1 aromatic carbocycles. The van der Waals surface area contributed by atoms with E-state index in [1.807, 2.05) is 0 Å². The van der Waals surface area contributed by atoms with Crippen LogP contribution in [0.1, 0.15) is 0 Å². The third kappa shape index (κ3) is 3.52. The van der Waals surface area contributed by atoms with Crippen molar-refractivity contribution in [2.45, 2.75) is 4.21 Å². The summed E-state index contributed by atoms with van der Waals surface area (Å²) in [6.07, 6.45) is 0. The van der Waals surface area contributed by atoms with E-state index in [1.54, 1.807) is 0 Å². The monoisotopic (exact) mass is 375 g/mol. The SMILES string of the molecule is O=S(=O)(Nc1cc(-c2cc(F)cc(F)c2)[nH]n1)c1ccc(Cl)s1. The average Bonchev–Trinajstić information content (AvgIpc) is 3.06. The van der Waals surface area contributed by atoms with Crippen LogP contribution in [0.25, 0.3) is 11.3 Å². The standard InChI is InChI=1S/C13H8ClF2N3O2S2/c14-11-1-2-13(22-11)23(20,21)19-12-6-10(17-18-12)7-3-8(15)5-9(16)4-7/h1-6H,(H2,17,18,19). The van der Waals surface area contributed by atoms with Crippen LogP contribution in [0.5, 0.6) is 0 Å². The maximum absolute atomic E-state index is 13.2. The van der Waals surface area contributed by atoms with Gasteiger partial charge in [0.25, 0.3) is 10.0 Å². The summed E-state index contributed by atoms with van der Waals surface area (Å²) in [4.78, 5) is 0. The zero-order valence-electron chi connectivity index (χ0n) is 11.2. The van der Waals surface area contributed by atoms with E-state index < -0.39 is 21.7 Å². The van der Waals surface area contributed by atoms with Crippen molar-refractivity contribution in [3.05, 3.63) is 52.4 Å². The zero-order chi connectivity index (χ0) is 16.6. The molecule has 0 aliphatic heterocycles. The fourth-order valence-corrected chi connectivity index (χ4v) is 4.34. The van der Waals surface area contributed by atoms with Crippen molar-refractivity contribution in [3.8, 4) is 11.3 Å². The lowest BCUT2D eigenvalue weighted by molar-refractivity contribution is 0.584. The molecule has 2 N–H and O–H groups in total. The molecule has 0 amide bonds. The first kappa shape index (κ1) is 15.9. The molecular weight excluding hydrogens is 368 g/mol. The number of thiophene rings is 1. The van der Waals surface area contributed by atoms with Crippen LogP contribution in [0.2, 0.25) is 4.34 Å². The predicted octanol–water partition coefficient (Wildman–Crippen LogP) is 3.87. The molecule has 10 heteroatoms. The third-order valence-corrected chi connectivity index (χ3v) is 5.88. The molecule has 2 aromatic heterocycles. The molecule has 0 aliphatic carbocycles. The average molecular weight is 376 g/mol. The summed E-state index contributed by atoms with van der Waals surface area (Å²) in [5.41, 5.74) is 0.477. The fourth-order valence-electron chi connectivity index (χ4n) is 1.86. The van der Waals surface area contributed by atoms with E-state index in [1.165, 1.54) is 18.2 Å². The van der Waals surface area contributed by atoms with E-state index in [0.717, 1.165) is 29.5 Å². The van der Waals surface area contributed by atoms with Crippen molar-refractivity contribution in [1.29, 1.82) is 0 Å². The van der Waals surface area contributed by atoms with E-state index in [0.29, 0.717) is 4.34 Å². The van der Waals surface area contributed by atoms with Crippen LogP contribution in [0, 0.1) is 11.6 Å². The van der Waals surface area contributed by atoms with Gasteiger partial charge >= 0.3 is 0 Å². The highest BCUT2D eigenvalue weighted by molar-refractivity contribution is 7.94. The number of hydrogen-bond acceptors (Lipinski definition) is 4. The Morgan fingerprint density at radius 1 is 1.13 bits per heavy atom. The van der Waals surface area contributed by atoms with Crippen molar-refractivity contribution in [3.63, 3.8) is 0 Å². The largest absolute Gasteiger partial charge is 0.276 e. The number of anilines is 1. The maximum Gasteiger partial charge on any atom is 0.272 e. The quantitative estimate of drug-likeness (QED) is 0.726. The minimum atomic E-state index is -3.82. The van der Waals surface area contributed by atoms with Crippen molar-refractivity contribution >= 4 is 38.8 Å². The van der Waals surface area contributed by atoms with Crippen molar-refractivity contribution in [2.24, 2.45) is 0 Å². The van der Waals surface area contributed by atoms with Gasteiger partial charge in [-0.05, 0) is 24.3 Å². The lowest BCUT2D eigenvalue weighted by Crippen LogP contribution is -2.11. The van der Waals surface area contributed by atoms with Crippen molar-refractivity contribution in [2.75, 3.05) is 4.72 Å². The molecular formula is C13H8ClF2N3O2S2. The van der Waals surface area contributed by atoms with Gasteiger partial charge in [0.05, 0.1) is 10.0 Å². The lowest BCUT2D eigenvalue weighted by atomic mass is 10.1. The molecule has 120 valence electrons. The molecule has 3 rings (SSSR count). The highest BCUT2D eigenvalue weighted by Gasteiger charge is 2.18. The van der Waals surface area contributed by atoms with Gasteiger partial charge in [-0.15, -0.1) is 11.3 Å². The van der Waals surface area contributed by atoms with Gasteiger partial charge in [-0.2, -0.15) is 5.10 Å². The highest BCUT2D eigenvalue weighted by Crippen LogP contribution is 2.28. The van der Waals surface area contributed by atoms with Gasteiger partial charge in [-0.1, -0.05) is 11.6 Å². The van der Waals surface area contributed by atoms with Crippen LogP contribution in [0.4, 0.5) is 14.6 Å². The van der Waals surface area contributed by atoms with Crippen LogP contribution >= 0.6 is 22.9 Å². The molecule has 0 radical (unpaired) electrons. The number of aromatic nitrogens is 2. The molecule has 0 spiro atoms. The number of halogens is 3. The van der Waals surface area contributed by atoms with Crippen LogP contribution < -0.4 is 4.72 Å². The second kappa shape index (κ2) is 5.91. The smallest absolute Gasteiger partial charge is 0.272 e. The Morgan fingerprint density at radius 2 is 1.83 bits per heavy atom. The minimum Gasteiger partial charge on any atom is -0.276 e. The second-order valence-corrected chi connectivity index (χ2v) is 8.11. The van der Waals surface area contributed by atoms with E-state index >= 15 is 0 Å². The normalized spacial score (nSPS) is 11.6. The van der Waals surface area contributed by atoms with Gasteiger partial charge in [0.15, 0.2) is 5.82 Å². The van der Waals surface area contributed by atoms with Crippen LogP contribution in [-0.2, 0) is 10.0 Å². The molecule has 0 saturated carbocycles. The number of hydrogen-bond donors (Lipinski definition) is 2. The Bertz CT molecular complexity index is 949. The first-order valence-corrected chi connectivity index (χ1v) is 8.81. The Morgan fingerprint density at radius 3 is 2.43 bits per heavy atom. The Labute approximate surface area is 139 Å². The number of aromatic amines is 1. The van der Waals surface area contributed by atoms with Gasteiger partial charge in [-0.25, -0.2) is 17.2 Å². The molecule has 2 heterocycles. The number of nitrogens with zero attached hydrogens (tertiary/aromatic N) is 1. The molecule has 23 heavy (non-hydrogen) atoms. The molecule has 0 atom stereocenters. The van der Waals surface area contributed by atoms with E-state index in [9.17, 15) is 17.2 Å². The van der Waals surface area contributed by atoms with E-state index in [2.05, 4.69) is 14.9 Å². The number of H-pyrrole nitrogens is 1. The first-order chi connectivity index (χ1) is 10.8. The molecule has 0 aliphatic rings. The topological polar surface area (TPSA) is 74.8 Å². The molecule has 0 fully saturated rings. The van der Waals surface area contributed by atoms with Crippen LogP contribution in [0.15, 0.2) is 40.6 Å². The summed E-state index contributed by atoms with van der Waals surface area (Å²) in [6, 6.07) is 7.12. The number of rotatable bonds is 4. The number of sulfonamides is 1. The summed E-state index contributed by atoms with van der Waals surface area (Å²) < 4.78 is 53.3. The van der Waals surface area contributed by atoms with Gasteiger partial charge in [0.1, 0.15) is 15.8 Å². The molecule has 0 saturated heterocycles. The summed E-state index contributed by atoms with van der Waals surface area (Å²) in [7, 11) is -3.82. The summed E-state index contributed by atoms with van der Waals surface area (Å²) in [5.74, 6) is -1.50. The molecule has 3 aromatic rings. The summed E-state index contributed by atoms with van der Waals surface area (Å²) in [6.45, 7) is 0. The number of nitrogens with one attached hydrogen (secondary N) is 2. The van der Waals surface area contributed by atoms with E-state index in [-0.39, 0.29) is 21.3 Å². The molecule has 0 unspecified atom stereocenters. The van der Waals surface area contributed by atoms with Crippen molar-refractivity contribution < 1.29 is 17.2 Å². The maximum atomic E-state index is 13.2. The minimum absolute atomic E-state index is 0.00538. The second-order valence-electron chi connectivity index (χ2n) is 4.49. The third-order valence-electron chi connectivity index (χ3n) is 2.80. The summed E-state index contributed by atoms with van der Waals surface area (Å²) >= 11 is 6.62. The van der Waals surface area contributed by atoms with Gasteiger partial charge < -0.3 is 0 Å². The molecule has 0 bridgehead atoms. The fraction of sp³-hybridized carbons (Fsp3) is 0. The zero-order valence-corrected chi connectivity index (χ0v) is 13.6. The summed E-state index contributed by atoms with van der Waals surface area (Å²) in [5, 5.41) is 6.30. The molecule has 5 nitrogen and oxygen atoms in total. The van der Waals surface area contributed by atoms with Gasteiger partial charge in [0.2, 0.25) is 0 Å². The van der Waals surface area contributed by atoms with Gasteiger partial charge in [0, 0.05) is 17.7 Å². The Kier molecular flexibility index (Phi) is 4.09. The Hall–Kier alpha value is -1.97.